The molecule has 126 valence electrons. The van der Waals surface area contributed by atoms with Crippen molar-refractivity contribution in [2.45, 2.75) is 95.5 Å². The molecular formula is C17H31LiNa2O4. The van der Waals surface area contributed by atoms with Gasteiger partial charge < -0.3 is 19.8 Å². The van der Waals surface area contributed by atoms with E-state index in [4.69, 9.17) is 0 Å². The smallest absolute Gasteiger partial charge is 0.0654 e. The van der Waals surface area contributed by atoms with Crippen molar-refractivity contribution < 1.29 is 78.9 Å². The van der Waals surface area contributed by atoms with Gasteiger partial charge in [-0.05, 0) is 0 Å². The first-order valence-corrected chi connectivity index (χ1v) is 8.79. The van der Waals surface area contributed by atoms with Crippen molar-refractivity contribution in [1.29, 1.82) is 0 Å². The van der Waals surface area contributed by atoms with E-state index in [2.05, 4.69) is 31.6 Å². The van der Waals surface area contributed by atoms with Crippen LogP contribution in [0.1, 0.15) is 90.9 Å². The molecule has 0 radical (unpaired) electrons. The van der Waals surface area contributed by atoms with Gasteiger partial charge in [-0.25, -0.2) is 0 Å². The average Bonchev–Trinajstić information content (AvgIpc) is 2.39. The van der Waals surface area contributed by atoms with Gasteiger partial charge in [0.25, 0.3) is 0 Å². The van der Waals surface area contributed by atoms with Gasteiger partial charge in [-0.1, -0.05) is 6.92 Å². The molecule has 0 aromatic rings. The van der Waals surface area contributed by atoms with Crippen LogP contribution in [0, 0.1) is 0 Å². The fourth-order valence-electron chi connectivity index (χ4n) is 2.16. The molecule has 0 aliphatic heterocycles. The Bertz CT molecular complexity index is 265. The number of carboxylic acid groups (broad SMARTS) is 2. The van der Waals surface area contributed by atoms with E-state index in [1.165, 1.54) is 70.6 Å². The van der Waals surface area contributed by atoms with E-state index in [1.807, 2.05) is 0 Å². The molecule has 0 saturated carbocycles. The van der Waals surface area contributed by atoms with Gasteiger partial charge in [-0.3, -0.25) is 0 Å². The topological polar surface area (TPSA) is 80.3 Å². The summed E-state index contributed by atoms with van der Waals surface area (Å²) in [6, 6.07) is 0. The first-order chi connectivity index (χ1) is 10.4. The van der Waals surface area contributed by atoms with Gasteiger partial charge in [-0.2, -0.15) is 0 Å². The van der Waals surface area contributed by atoms with Gasteiger partial charge in [0.05, 0.1) is 0 Å². The number of hydrogen-bond donors (Lipinski definition) is 0. The quantitative estimate of drug-likeness (QED) is 0.193. The van der Waals surface area contributed by atoms with E-state index in [0.29, 0.717) is 0 Å². The third-order valence-corrected chi connectivity index (χ3v) is 3.42. The molecule has 0 amide bonds. The van der Waals surface area contributed by atoms with Crippen LogP contribution in [0.5, 0.6) is 0 Å². The van der Waals surface area contributed by atoms with Gasteiger partial charge in [0.2, 0.25) is 0 Å². The number of carbonyl (C=O) groups is 2. The molecule has 0 bridgehead atoms. The summed E-state index contributed by atoms with van der Waals surface area (Å²) in [6.07, 6.45) is 15.0. The molecule has 1 unspecified atom stereocenters. The van der Waals surface area contributed by atoms with E-state index in [1.54, 1.807) is 0 Å². The van der Waals surface area contributed by atoms with Gasteiger partial charge >= 0.3 is 159 Å². The van der Waals surface area contributed by atoms with Crippen molar-refractivity contribution in [3.05, 3.63) is 0 Å². The van der Waals surface area contributed by atoms with Crippen LogP contribution in [-0.2, 0) is 9.59 Å². The fraction of sp³-hybridized carbons (Fsp3) is 0.882. The molecule has 0 aromatic heterocycles. The predicted molar refractivity (Wildman–Crippen MR) is 86.3 cm³/mol. The molecule has 0 aromatic carbocycles. The number of unbranched alkanes of at least 4 members (excludes halogenated alkanes) is 9. The van der Waals surface area contributed by atoms with Gasteiger partial charge in [0.15, 0.2) is 0 Å². The minimum atomic E-state index is -1.63. The molecule has 0 N–H and O–H groups in total. The Kier molecular flexibility index (Phi) is 37.0. The van der Waals surface area contributed by atoms with Gasteiger partial charge in [-0.15, -0.1) is 0 Å². The van der Waals surface area contributed by atoms with Crippen LogP contribution in [0.3, 0.4) is 0 Å². The van der Waals surface area contributed by atoms with Crippen molar-refractivity contribution in [2.75, 3.05) is 0 Å². The standard InChI is InChI=1S/C14H29.C3H4O4.Li.2Na/c1-3-5-7-9-11-13-14-12-10-8-6-4-2;4-2(5)1-3(6)7;;;/h3H,4-14H2,1-2H3;1H2,(H,4,5)(H,6,7);;;/q;;;2*+1/p-2. The Morgan fingerprint density at radius 2 is 1.12 bits per heavy atom. The second kappa shape index (κ2) is 26.8. The first kappa shape index (κ1) is 33.1. The van der Waals surface area contributed by atoms with E-state index in [-0.39, 0.29) is 59.1 Å². The SMILES string of the molecule is O=C([O-])CC(=O)[O-].[Li][CH](C)CCCCCCCCCCCC.[Na+].[Na+]. The zero-order chi connectivity index (χ0) is 17.2. The van der Waals surface area contributed by atoms with Gasteiger partial charge in [0.1, 0.15) is 0 Å². The molecule has 0 spiro atoms. The second-order valence-electron chi connectivity index (χ2n) is 6.29. The summed E-state index contributed by atoms with van der Waals surface area (Å²) in [4.78, 5) is 18.6. The van der Waals surface area contributed by atoms with E-state index < -0.39 is 18.4 Å². The van der Waals surface area contributed by atoms with Crippen LogP contribution in [0.15, 0.2) is 0 Å². The summed E-state index contributed by atoms with van der Waals surface area (Å²) in [6.45, 7) is 4.61. The van der Waals surface area contributed by atoms with Crippen molar-refractivity contribution in [2.24, 2.45) is 0 Å². The first-order valence-electron chi connectivity index (χ1n) is 8.79. The summed E-state index contributed by atoms with van der Waals surface area (Å²) in [5.41, 5.74) is 0. The maximum absolute atomic E-state index is 9.28. The summed E-state index contributed by atoms with van der Waals surface area (Å²) in [7, 11) is 0. The van der Waals surface area contributed by atoms with Crippen molar-refractivity contribution in [3.8, 4) is 0 Å². The number of rotatable bonds is 13. The number of hydrogen-bond acceptors (Lipinski definition) is 4. The maximum atomic E-state index is 9.28. The third-order valence-electron chi connectivity index (χ3n) is 3.42. The number of carboxylic acids is 2. The summed E-state index contributed by atoms with van der Waals surface area (Å²) < 4.78 is 0.902. The third kappa shape index (κ3) is 38.9. The molecule has 0 saturated heterocycles. The Morgan fingerprint density at radius 3 is 1.38 bits per heavy atom. The fourth-order valence-corrected chi connectivity index (χ4v) is 2.16. The predicted octanol–water partition coefficient (Wildman–Crippen LogP) is -3.84. The van der Waals surface area contributed by atoms with Crippen molar-refractivity contribution >= 4 is 29.7 Å². The van der Waals surface area contributed by atoms with Crippen LogP contribution in [0.2, 0.25) is 4.59 Å². The Balaban J connectivity index is -0.000000191. The number of carbonyl (C=O) groups excluding carboxylic acids is 2. The van der Waals surface area contributed by atoms with Crippen LogP contribution in [0.25, 0.3) is 0 Å². The van der Waals surface area contributed by atoms with Crippen molar-refractivity contribution in [1.82, 2.24) is 0 Å². The Morgan fingerprint density at radius 1 is 0.792 bits per heavy atom. The molecule has 24 heavy (non-hydrogen) atoms. The van der Waals surface area contributed by atoms with Crippen LogP contribution < -0.4 is 69.3 Å². The monoisotopic (exact) mass is 352 g/mol. The minimum absolute atomic E-state index is 0. The van der Waals surface area contributed by atoms with Crippen LogP contribution >= 0.6 is 0 Å². The zero-order valence-electron chi connectivity index (χ0n) is 16.7. The molecule has 7 heteroatoms. The molecule has 1 atom stereocenters. The molecule has 0 aliphatic carbocycles. The zero-order valence-corrected chi connectivity index (χ0v) is 20.7. The second-order valence-corrected chi connectivity index (χ2v) is 6.29. The molecule has 0 rings (SSSR count). The summed E-state index contributed by atoms with van der Waals surface area (Å²) in [5, 5.41) is 18.6. The average molecular weight is 352 g/mol. The summed E-state index contributed by atoms with van der Waals surface area (Å²) >= 11 is 2.33. The van der Waals surface area contributed by atoms with Crippen molar-refractivity contribution in [3.63, 3.8) is 0 Å². The van der Waals surface area contributed by atoms with Crippen LogP contribution in [-0.4, -0.2) is 29.7 Å². The van der Waals surface area contributed by atoms with E-state index >= 15 is 0 Å². The molecule has 0 aliphatic rings. The number of aliphatic carboxylic acids is 2. The summed E-state index contributed by atoms with van der Waals surface area (Å²) in [5.74, 6) is -3.25. The minimum Gasteiger partial charge on any atom is -0.0654 e. The van der Waals surface area contributed by atoms with Gasteiger partial charge in [0, 0.05) is 18.4 Å². The molecule has 0 heterocycles. The molecular weight excluding hydrogens is 321 g/mol. The molecule has 4 nitrogen and oxygen atoms in total. The van der Waals surface area contributed by atoms with Crippen LogP contribution in [0.4, 0.5) is 0 Å². The Labute approximate surface area is 202 Å². The van der Waals surface area contributed by atoms with E-state index in [9.17, 15) is 19.8 Å². The Hall–Kier alpha value is 1.54. The normalized spacial score (nSPS) is 10.5. The van der Waals surface area contributed by atoms with E-state index in [0.717, 1.165) is 4.59 Å². The molecule has 0 fully saturated rings.